The van der Waals surface area contributed by atoms with Gasteiger partial charge in [-0.15, -0.1) is 0 Å². The maximum atomic E-state index is 11.2. The van der Waals surface area contributed by atoms with E-state index in [0.29, 0.717) is 5.92 Å². The van der Waals surface area contributed by atoms with Gasteiger partial charge in [-0.1, -0.05) is 6.92 Å². The Morgan fingerprint density at radius 3 is 2.87 bits per heavy atom. The van der Waals surface area contributed by atoms with Gasteiger partial charge < -0.3 is 15.0 Å². The molecule has 1 fully saturated rings. The van der Waals surface area contributed by atoms with E-state index in [1.807, 2.05) is 13.8 Å². The summed E-state index contributed by atoms with van der Waals surface area (Å²) in [5.74, 6) is 0.588. The Morgan fingerprint density at radius 2 is 2.33 bits per heavy atom. The Morgan fingerprint density at radius 1 is 1.60 bits per heavy atom. The molecule has 0 bridgehead atoms. The van der Waals surface area contributed by atoms with E-state index in [9.17, 15) is 4.79 Å². The van der Waals surface area contributed by atoms with Crippen molar-refractivity contribution in [3.8, 4) is 0 Å². The van der Waals surface area contributed by atoms with Gasteiger partial charge in [0.25, 0.3) is 0 Å². The molecule has 0 aromatic heterocycles. The maximum absolute atomic E-state index is 11.2. The molecule has 0 saturated carbocycles. The van der Waals surface area contributed by atoms with E-state index in [1.165, 1.54) is 6.42 Å². The molecule has 1 unspecified atom stereocenters. The van der Waals surface area contributed by atoms with Crippen LogP contribution in [0.25, 0.3) is 0 Å². The molecular formula is C11H22N2O2. The van der Waals surface area contributed by atoms with E-state index in [1.54, 1.807) is 0 Å². The van der Waals surface area contributed by atoms with Gasteiger partial charge in [0.1, 0.15) is 0 Å². The average molecular weight is 214 g/mol. The van der Waals surface area contributed by atoms with Crippen LogP contribution in [0.5, 0.6) is 0 Å². The number of nitrogens with zero attached hydrogens (tertiary/aromatic N) is 1. The van der Waals surface area contributed by atoms with Crippen LogP contribution in [0.1, 0.15) is 27.2 Å². The molecule has 4 heteroatoms. The lowest BCUT2D eigenvalue weighted by atomic mass is 10.1. The normalized spacial score (nSPS) is 22.0. The van der Waals surface area contributed by atoms with E-state index in [2.05, 4.69) is 17.1 Å². The van der Waals surface area contributed by atoms with Crippen molar-refractivity contribution in [1.82, 2.24) is 10.2 Å². The summed E-state index contributed by atoms with van der Waals surface area (Å²) in [5.41, 5.74) is 0. The molecule has 88 valence electrons. The lowest BCUT2D eigenvalue weighted by Crippen LogP contribution is -2.32. The Hall–Kier alpha value is -0.770. The highest BCUT2D eigenvalue weighted by Gasteiger charge is 2.21. The average Bonchev–Trinajstić information content (AvgIpc) is 2.61. The molecule has 1 N–H and O–H groups in total. The lowest BCUT2D eigenvalue weighted by Gasteiger charge is -2.14. The highest BCUT2D eigenvalue weighted by molar-refractivity contribution is 5.67. The summed E-state index contributed by atoms with van der Waals surface area (Å²) in [6, 6.07) is 0. The fourth-order valence-electron chi connectivity index (χ4n) is 1.85. The number of hydrogen-bond donors (Lipinski definition) is 1. The van der Waals surface area contributed by atoms with Gasteiger partial charge in [0.05, 0.1) is 6.10 Å². The topological polar surface area (TPSA) is 41.6 Å². The minimum Gasteiger partial charge on any atom is -0.447 e. The zero-order valence-electron chi connectivity index (χ0n) is 9.95. The molecular weight excluding hydrogens is 192 g/mol. The third-order valence-corrected chi connectivity index (χ3v) is 2.70. The van der Waals surface area contributed by atoms with Crippen LogP contribution in [-0.2, 0) is 4.74 Å². The summed E-state index contributed by atoms with van der Waals surface area (Å²) in [5, 5.41) is 2.81. The summed E-state index contributed by atoms with van der Waals surface area (Å²) < 4.78 is 5.00. The molecule has 1 heterocycles. The molecule has 1 aliphatic heterocycles. The highest BCUT2D eigenvalue weighted by Crippen LogP contribution is 2.14. The van der Waals surface area contributed by atoms with Crippen LogP contribution in [0.3, 0.4) is 0 Å². The number of carbonyl (C=O) groups is 1. The molecule has 15 heavy (non-hydrogen) atoms. The first kappa shape index (κ1) is 12.3. The monoisotopic (exact) mass is 214 g/mol. The molecule has 0 aromatic rings. The van der Waals surface area contributed by atoms with E-state index >= 15 is 0 Å². The first-order valence-electron chi connectivity index (χ1n) is 5.78. The van der Waals surface area contributed by atoms with Crippen LogP contribution in [0, 0.1) is 5.92 Å². The molecule has 0 aliphatic carbocycles. The van der Waals surface area contributed by atoms with E-state index < -0.39 is 0 Å². The zero-order chi connectivity index (χ0) is 11.3. The number of rotatable bonds is 4. The minimum absolute atomic E-state index is 0.0410. The molecule has 1 saturated heterocycles. The second kappa shape index (κ2) is 5.95. The van der Waals surface area contributed by atoms with Gasteiger partial charge in [-0.05, 0) is 39.3 Å². The number of likely N-dealkylation sites (tertiary alicyclic amines) is 1. The minimum atomic E-state index is -0.292. The lowest BCUT2D eigenvalue weighted by molar-refractivity contribution is 0.114. The zero-order valence-corrected chi connectivity index (χ0v) is 9.95. The largest absolute Gasteiger partial charge is 0.447 e. The third-order valence-electron chi connectivity index (χ3n) is 2.70. The SMILES string of the molecule is CCN1CCC(CNC(=O)OC(C)C)C1. The first-order chi connectivity index (χ1) is 7.11. The standard InChI is InChI=1S/C11H22N2O2/c1-4-13-6-5-10(8-13)7-12-11(14)15-9(2)3/h9-10H,4-8H2,1-3H3,(H,12,14). The van der Waals surface area contributed by atoms with Gasteiger partial charge >= 0.3 is 6.09 Å². The predicted molar refractivity (Wildman–Crippen MR) is 59.8 cm³/mol. The van der Waals surface area contributed by atoms with Crippen molar-refractivity contribution in [2.24, 2.45) is 5.92 Å². The molecule has 1 aliphatic rings. The van der Waals surface area contributed by atoms with Gasteiger partial charge in [-0.25, -0.2) is 4.79 Å². The molecule has 0 spiro atoms. The van der Waals surface area contributed by atoms with Crippen LogP contribution in [0.2, 0.25) is 0 Å². The second-order valence-corrected chi connectivity index (χ2v) is 4.38. The summed E-state index contributed by atoms with van der Waals surface area (Å²) in [4.78, 5) is 13.6. The van der Waals surface area contributed by atoms with Crippen LogP contribution in [0.15, 0.2) is 0 Å². The number of nitrogens with one attached hydrogen (secondary N) is 1. The molecule has 0 aromatic carbocycles. The van der Waals surface area contributed by atoms with Gasteiger partial charge in [0, 0.05) is 13.1 Å². The third kappa shape index (κ3) is 4.51. The van der Waals surface area contributed by atoms with Gasteiger partial charge in [-0.3, -0.25) is 0 Å². The van der Waals surface area contributed by atoms with E-state index in [0.717, 1.165) is 26.2 Å². The summed E-state index contributed by atoms with van der Waals surface area (Å²) in [6.45, 7) is 9.97. The van der Waals surface area contributed by atoms with E-state index in [-0.39, 0.29) is 12.2 Å². The molecule has 1 atom stereocenters. The van der Waals surface area contributed by atoms with Crippen molar-refractivity contribution < 1.29 is 9.53 Å². The molecule has 1 rings (SSSR count). The first-order valence-corrected chi connectivity index (χ1v) is 5.78. The summed E-state index contributed by atoms with van der Waals surface area (Å²) in [6.07, 6.45) is 0.844. The van der Waals surface area contributed by atoms with Gasteiger partial charge in [-0.2, -0.15) is 0 Å². The van der Waals surface area contributed by atoms with Crippen molar-refractivity contribution in [3.05, 3.63) is 0 Å². The smallest absolute Gasteiger partial charge is 0.407 e. The predicted octanol–water partition coefficient (Wildman–Crippen LogP) is 1.46. The molecule has 0 radical (unpaired) electrons. The van der Waals surface area contributed by atoms with Gasteiger partial charge in [0.15, 0.2) is 0 Å². The fourth-order valence-corrected chi connectivity index (χ4v) is 1.85. The Kier molecular flexibility index (Phi) is 4.88. The molecule has 4 nitrogen and oxygen atoms in total. The number of carbonyl (C=O) groups excluding carboxylic acids is 1. The van der Waals surface area contributed by atoms with Crippen LogP contribution >= 0.6 is 0 Å². The Bertz CT molecular complexity index is 207. The highest BCUT2D eigenvalue weighted by atomic mass is 16.6. The Balaban J connectivity index is 2.13. The van der Waals surface area contributed by atoms with Crippen LogP contribution in [0.4, 0.5) is 4.79 Å². The maximum Gasteiger partial charge on any atom is 0.407 e. The van der Waals surface area contributed by atoms with Crippen molar-refractivity contribution in [2.75, 3.05) is 26.2 Å². The quantitative estimate of drug-likeness (QED) is 0.770. The van der Waals surface area contributed by atoms with Crippen molar-refractivity contribution in [1.29, 1.82) is 0 Å². The summed E-state index contributed by atoms with van der Waals surface area (Å²) in [7, 11) is 0. The van der Waals surface area contributed by atoms with Crippen LogP contribution < -0.4 is 5.32 Å². The number of amides is 1. The Labute approximate surface area is 92.0 Å². The number of ether oxygens (including phenoxy) is 1. The van der Waals surface area contributed by atoms with Crippen molar-refractivity contribution >= 4 is 6.09 Å². The molecule has 1 amide bonds. The fraction of sp³-hybridized carbons (Fsp3) is 0.909. The van der Waals surface area contributed by atoms with Crippen molar-refractivity contribution in [2.45, 2.75) is 33.3 Å². The number of alkyl carbamates (subject to hydrolysis) is 1. The van der Waals surface area contributed by atoms with Gasteiger partial charge in [0.2, 0.25) is 0 Å². The van der Waals surface area contributed by atoms with E-state index in [4.69, 9.17) is 4.74 Å². The van der Waals surface area contributed by atoms with Crippen LogP contribution in [-0.4, -0.2) is 43.3 Å². The second-order valence-electron chi connectivity index (χ2n) is 4.38. The van der Waals surface area contributed by atoms with Crippen molar-refractivity contribution in [3.63, 3.8) is 0 Å². The summed E-state index contributed by atoms with van der Waals surface area (Å²) >= 11 is 0. The number of hydrogen-bond acceptors (Lipinski definition) is 3.